The second-order valence-corrected chi connectivity index (χ2v) is 21.0. The Bertz CT molecular complexity index is 2030. The molecule has 34 atom stereocenters. The maximum Gasteiger partial charge on any atom is 0.217 e. The van der Waals surface area contributed by atoms with Crippen molar-refractivity contribution in [2.45, 2.75) is 222 Å². The van der Waals surface area contributed by atoms with Gasteiger partial charge < -0.3 is 174 Å². The van der Waals surface area contributed by atoms with Crippen molar-refractivity contribution in [1.82, 2.24) is 10.6 Å². The molecule has 0 aliphatic carbocycles. The molecule has 482 valence electrons. The Hall–Kier alpha value is -2.38. The third-order valence-corrected chi connectivity index (χ3v) is 15.3. The molecular formula is C46H78N2O35. The van der Waals surface area contributed by atoms with Crippen LogP contribution in [0.15, 0.2) is 0 Å². The lowest BCUT2D eigenvalue weighted by molar-refractivity contribution is -0.407. The minimum absolute atomic E-state index is 0.286. The highest BCUT2D eigenvalue weighted by atomic mass is 16.8. The van der Waals surface area contributed by atoms with E-state index in [4.69, 9.17) is 61.6 Å². The highest BCUT2D eigenvalue weighted by Crippen LogP contribution is 2.38. The highest BCUT2D eigenvalue weighted by molar-refractivity contribution is 5.73. The molecule has 83 heavy (non-hydrogen) atoms. The summed E-state index contributed by atoms with van der Waals surface area (Å²) in [6.07, 6.45) is -63.3. The normalized spacial score (nSPS) is 49.9. The first kappa shape index (κ1) is 68.1. The van der Waals surface area contributed by atoms with E-state index in [1.165, 1.54) is 0 Å². The van der Waals surface area contributed by atoms with Crippen LogP contribution in [-0.4, -0.2) is 375 Å². The first-order valence-electron chi connectivity index (χ1n) is 26.5. The van der Waals surface area contributed by atoms with E-state index in [9.17, 15) is 112 Å². The summed E-state index contributed by atoms with van der Waals surface area (Å²) in [6.45, 7) is -4.91. The van der Waals surface area contributed by atoms with Crippen molar-refractivity contribution in [2.75, 3.05) is 52.9 Å². The van der Waals surface area contributed by atoms with Crippen LogP contribution in [0.4, 0.5) is 0 Å². The Morgan fingerprint density at radius 3 is 1.22 bits per heavy atom. The van der Waals surface area contributed by atoms with Crippen LogP contribution in [0.2, 0.25) is 0 Å². The first-order chi connectivity index (χ1) is 39.3. The van der Waals surface area contributed by atoms with Gasteiger partial charge in [0.1, 0.15) is 165 Å². The van der Waals surface area contributed by atoms with Crippen LogP contribution >= 0.6 is 0 Å². The number of aliphatic hydroxyl groups is 20. The van der Waals surface area contributed by atoms with E-state index in [-0.39, 0.29) is 6.61 Å². The van der Waals surface area contributed by atoms with E-state index in [0.717, 1.165) is 13.8 Å². The van der Waals surface area contributed by atoms with Crippen molar-refractivity contribution in [1.29, 1.82) is 0 Å². The lowest BCUT2D eigenvalue weighted by Crippen LogP contribution is -2.70. The second-order valence-electron chi connectivity index (χ2n) is 21.0. The predicted octanol–water partition coefficient (Wildman–Crippen LogP) is -15.3. The summed E-state index contributed by atoms with van der Waals surface area (Å²) >= 11 is 0. The zero-order valence-corrected chi connectivity index (χ0v) is 44.4. The number of carbonyl (C=O) groups is 2. The Kier molecular flexibility index (Phi) is 24.4. The Morgan fingerprint density at radius 2 is 0.723 bits per heavy atom. The number of hydrogen-bond acceptors (Lipinski definition) is 35. The average Bonchev–Trinajstić information content (AvgIpc) is 3.07. The fourth-order valence-corrected chi connectivity index (χ4v) is 10.6. The maximum atomic E-state index is 12.7. The zero-order valence-electron chi connectivity index (χ0n) is 44.4. The number of ether oxygens (including phenoxy) is 13. The Morgan fingerprint density at radius 1 is 0.349 bits per heavy atom. The Balaban J connectivity index is 1.20. The molecule has 37 heteroatoms. The van der Waals surface area contributed by atoms with Gasteiger partial charge in [0.25, 0.3) is 0 Å². The van der Waals surface area contributed by atoms with Crippen LogP contribution < -0.4 is 10.6 Å². The third kappa shape index (κ3) is 14.9. The SMILES string of the molecule is CC(=O)N[C@H]1[C@H](O[C@H]2[C@H](O)[C@@H](NC(C)=O)CO[C@@H]2CO)O[C@H](CO)[C@@H](O[C@@H]2O[C@H](CO[C@H]3O[C@H](CO)[C@@H](O)[C@H](O)[C@@H]3O)[C@@H](O)[C@H](O[C@H]3O[C@H](CO)[C@@H](O)[C@H](O)[C@@H]3O[C@H]3O[C@H](CO)[C@@H](O)[C@H](O)[C@@H]3O[C@H]3O[C@H](CO)[C@@H](O)[C@H](O)[C@@H]3O)[C@@H]2O)[C@@H]1O. The van der Waals surface area contributed by atoms with Crippen LogP contribution in [0.25, 0.3) is 0 Å². The molecule has 37 nitrogen and oxygen atoms in total. The summed E-state index contributed by atoms with van der Waals surface area (Å²) in [4.78, 5) is 24.6. The van der Waals surface area contributed by atoms with E-state index in [2.05, 4.69) is 10.6 Å². The van der Waals surface area contributed by atoms with Crippen LogP contribution in [0.1, 0.15) is 13.8 Å². The number of rotatable bonds is 21. The monoisotopic (exact) mass is 1220 g/mol. The molecule has 2 amide bonds. The van der Waals surface area contributed by atoms with Crippen molar-refractivity contribution >= 4 is 11.8 Å². The minimum Gasteiger partial charge on any atom is -0.394 e. The lowest BCUT2D eigenvalue weighted by atomic mass is 9.94. The average molecular weight is 1220 g/mol. The van der Waals surface area contributed by atoms with Gasteiger partial charge in [0, 0.05) is 13.8 Å². The maximum absolute atomic E-state index is 12.7. The van der Waals surface area contributed by atoms with E-state index < -0.39 is 267 Å². The van der Waals surface area contributed by atoms with Gasteiger partial charge in [-0.3, -0.25) is 9.59 Å². The summed E-state index contributed by atoms with van der Waals surface area (Å²) in [5.41, 5.74) is 0. The van der Waals surface area contributed by atoms with Crippen molar-refractivity contribution in [2.24, 2.45) is 0 Å². The molecule has 0 spiro atoms. The molecule has 0 aromatic carbocycles. The van der Waals surface area contributed by atoms with Gasteiger partial charge in [0.15, 0.2) is 37.7 Å². The molecule has 0 aromatic rings. The molecular weight excluding hydrogens is 1140 g/mol. The lowest BCUT2D eigenvalue weighted by Gasteiger charge is -2.51. The largest absolute Gasteiger partial charge is 0.394 e. The number of nitrogens with one attached hydrogen (secondary N) is 2. The molecule has 7 aliphatic rings. The van der Waals surface area contributed by atoms with Crippen molar-refractivity contribution in [3.8, 4) is 0 Å². The Labute approximate surface area is 470 Å². The first-order valence-corrected chi connectivity index (χ1v) is 26.5. The van der Waals surface area contributed by atoms with Crippen LogP contribution in [0.3, 0.4) is 0 Å². The summed E-state index contributed by atoms with van der Waals surface area (Å²) < 4.78 is 75.5. The van der Waals surface area contributed by atoms with Crippen molar-refractivity contribution in [3.05, 3.63) is 0 Å². The number of carbonyl (C=O) groups excluding carboxylic acids is 2. The van der Waals surface area contributed by atoms with Gasteiger partial charge in [-0.1, -0.05) is 0 Å². The van der Waals surface area contributed by atoms with E-state index in [1.807, 2.05) is 0 Å². The molecule has 0 aromatic heterocycles. The van der Waals surface area contributed by atoms with Crippen molar-refractivity contribution < 1.29 is 173 Å². The van der Waals surface area contributed by atoms with Gasteiger partial charge in [-0.15, -0.1) is 0 Å². The van der Waals surface area contributed by atoms with Gasteiger partial charge in [-0.2, -0.15) is 0 Å². The van der Waals surface area contributed by atoms with Crippen molar-refractivity contribution in [3.63, 3.8) is 0 Å². The summed E-state index contributed by atoms with van der Waals surface area (Å²) in [6, 6.07) is -2.85. The topological polar surface area (TPSA) is 583 Å². The quantitative estimate of drug-likeness (QED) is 0.0507. The molecule has 7 rings (SSSR count). The molecule has 7 heterocycles. The second kappa shape index (κ2) is 29.7. The number of aliphatic hydroxyl groups excluding tert-OH is 20. The van der Waals surface area contributed by atoms with Gasteiger partial charge >= 0.3 is 0 Å². The predicted molar refractivity (Wildman–Crippen MR) is 254 cm³/mol. The fraction of sp³-hybridized carbons (Fsp3) is 0.957. The smallest absolute Gasteiger partial charge is 0.217 e. The number of amides is 2. The molecule has 7 saturated heterocycles. The molecule has 7 aliphatic heterocycles. The number of hydrogen-bond donors (Lipinski definition) is 22. The van der Waals surface area contributed by atoms with Gasteiger partial charge in [-0.25, -0.2) is 0 Å². The fourth-order valence-electron chi connectivity index (χ4n) is 10.6. The molecule has 0 bridgehead atoms. The van der Waals surface area contributed by atoms with Crippen LogP contribution in [-0.2, 0) is 71.2 Å². The highest BCUT2D eigenvalue weighted by Gasteiger charge is 2.59. The van der Waals surface area contributed by atoms with Crippen LogP contribution in [0, 0.1) is 0 Å². The van der Waals surface area contributed by atoms with E-state index >= 15 is 0 Å². The van der Waals surface area contributed by atoms with Gasteiger partial charge in [0.05, 0.1) is 58.9 Å². The van der Waals surface area contributed by atoms with Gasteiger partial charge in [0.2, 0.25) is 11.8 Å². The van der Waals surface area contributed by atoms with E-state index in [0.29, 0.717) is 0 Å². The standard InChI is InChI=1S/C46H78N2O35/c1-11(55)47-13-9-71-18(7-53)36(22(13)57)79-41-21(48-12(2)56)28(63)37(19(8-54)77-41)80-44-35(70)38(27(62)20(78-44)10-72-42-33(68)29(64)23(58)14(3-49)73-42)81-45-40(32(67)26(61)16(5-51)75-45)83-46-39(31(66)25(60)17(6-52)76-46)82-43-34(69)30(65)24(59)15(4-50)74-43/h13-46,49-54,57-70H,3-10H2,1-2H3,(H,47,55)(H,48,56)/t13-,14+,15+,16+,17+,18+,19+,20+,21+,22+,23+,24+,25+,26+,27+,28+,29-,30-,31-,32-,33-,34-,35-,36+,37+,38-,39-,40-,41-,42-,43+,44-,45+,46+/m0/s1. The molecule has 7 fully saturated rings. The summed E-state index contributed by atoms with van der Waals surface area (Å²) in [5.74, 6) is -1.41. The zero-order chi connectivity index (χ0) is 61.0. The third-order valence-electron chi connectivity index (χ3n) is 15.3. The van der Waals surface area contributed by atoms with E-state index in [1.54, 1.807) is 0 Å². The molecule has 0 radical (unpaired) electrons. The van der Waals surface area contributed by atoms with Gasteiger partial charge in [-0.05, 0) is 0 Å². The summed E-state index contributed by atoms with van der Waals surface area (Å²) in [5, 5.41) is 222. The molecule has 22 N–H and O–H groups in total. The molecule has 0 saturated carbocycles. The molecule has 0 unspecified atom stereocenters. The van der Waals surface area contributed by atoms with Crippen LogP contribution in [0.5, 0.6) is 0 Å². The summed E-state index contributed by atoms with van der Waals surface area (Å²) in [7, 11) is 0. The minimum atomic E-state index is -2.40.